The third kappa shape index (κ3) is 2.15. The van der Waals surface area contributed by atoms with Crippen LogP contribution in [0.2, 0.25) is 5.02 Å². The lowest BCUT2D eigenvalue weighted by molar-refractivity contribution is -0.384. The van der Waals surface area contributed by atoms with Crippen molar-refractivity contribution in [2.24, 2.45) is 0 Å². The second kappa shape index (κ2) is 4.57. The van der Waals surface area contributed by atoms with Gasteiger partial charge in [0.1, 0.15) is 5.02 Å². The molecule has 2 rings (SSSR count). The van der Waals surface area contributed by atoms with Crippen molar-refractivity contribution < 1.29 is 10.0 Å². The van der Waals surface area contributed by atoms with Gasteiger partial charge in [0.25, 0.3) is 5.69 Å². The molecular formula is C11H9ClN2O3. The van der Waals surface area contributed by atoms with Gasteiger partial charge in [0.05, 0.1) is 17.2 Å². The Morgan fingerprint density at radius 2 is 2.18 bits per heavy atom. The Hall–Kier alpha value is -1.85. The van der Waals surface area contributed by atoms with Gasteiger partial charge in [-0.1, -0.05) is 11.6 Å². The Bertz CT molecular complexity index is 566. The largest absolute Gasteiger partial charge is 0.390 e. The number of hydrogen-bond donors (Lipinski definition) is 1. The first kappa shape index (κ1) is 11.6. The standard InChI is InChI=1S/C11H9ClN2O3/c12-10-4-3-8(6-11(10)14(16)17)13-5-1-2-9(13)7-15/h1-6,15H,7H2. The molecule has 0 aliphatic heterocycles. The van der Waals surface area contributed by atoms with Crippen LogP contribution in [0.5, 0.6) is 0 Å². The number of nitrogens with zero attached hydrogens (tertiary/aromatic N) is 2. The molecule has 0 unspecified atom stereocenters. The molecule has 5 nitrogen and oxygen atoms in total. The fraction of sp³-hybridized carbons (Fsp3) is 0.0909. The van der Waals surface area contributed by atoms with Gasteiger partial charge in [-0.05, 0) is 24.3 Å². The summed E-state index contributed by atoms with van der Waals surface area (Å²) in [6.07, 6.45) is 1.72. The molecule has 1 heterocycles. The number of aromatic nitrogens is 1. The number of halogens is 1. The summed E-state index contributed by atoms with van der Waals surface area (Å²) in [4.78, 5) is 10.2. The third-order valence-electron chi connectivity index (χ3n) is 2.40. The molecular weight excluding hydrogens is 244 g/mol. The molecule has 0 saturated heterocycles. The number of nitro groups is 1. The lowest BCUT2D eigenvalue weighted by Gasteiger charge is -2.07. The molecule has 88 valence electrons. The molecule has 1 aromatic heterocycles. The number of nitro benzene ring substituents is 1. The number of rotatable bonds is 3. The Kier molecular flexibility index (Phi) is 3.12. The molecule has 0 aliphatic carbocycles. The lowest BCUT2D eigenvalue weighted by atomic mass is 10.2. The molecule has 0 atom stereocenters. The van der Waals surface area contributed by atoms with E-state index in [1.54, 1.807) is 29.0 Å². The first-order valence-electron chi connectivity index (χ1n) is 4.85. The Morgan fingerprint density at radius 3 is 2.82 bits per heavy atom. The highest BCUT2D eigenvalue weighted by Crippen LogP contribution is 2.27. The number of hydrogen-bond acceptors (Lipinski definition) is 3. The first-order chi connectivity index (χ1) is 8.13. The summed E-state index contributed by atoms with van der Waals surface area (Å²) in [5.41, 5.74) is 1.10. The number of benzene rings is 1. The van der Waals surface area contributed by atoms with Crippen molar-refractivity contribution in [3.8, 4) is 5.69 Å². The highest BCUT2D eigenvalue weighted by Gasteiger charge is 2.14. The van der Waals surface area contributed by atoms with Gasteiger partial charge in [0.2, 0.25) is 0 Å². The van der Waals surface area contributed by atoms with Crippen LogP contribution in [0.3, 0.4) is 0 Å². The molecule has 0 aliphatic rings. The van der Waals surface area contributed by atoms with E-state index in [4.69, 9.17) is 16.7 Å². The highest BCUT2D eigenvalue weighted by molar-refractivity contribution is 6.32. The second-order valence-electron chi connectivity index (χ2n) is 3.42. The van der Waals surface area contributed by atoms with Gasteiger partial charge in [-0.3, -0.25) is 10.1 Å². The maximum absolute atomic E-state index is 10.8. The van der Waals surface area contributed by atoms with E-state index >= 15 is 0 Å². The van der Waals surface area contributed by atoms with E-state index in [0.717, 1.165) is 0 Å². The molecule has 2 aromatic rings. The van der Waals surface area contributed by atoms with Gasteiger partial charge in [0, 0.05) is 18.0 Å². The maximum Gasteiger partial charge on any atom is 0.289 e. The van der Waals surface area contributed by atoms with E-state index in [0.29, 0.717) is 11.4 Å². The van der Waals surface area contributed by atoms with Crippen molar-refractivity contribution in [1.82, 2.24) is 4.57 Å². The van der Waals surface area contributed by atoms with Gasteiger partial charge >= 0.3 is 0 Å². The zero-order chi connectivity index (χ0) is 12.4. The molecule has 17 heavy (non-hydrogen) atoms. The summed E-state index contributed by atoms with van der Waals surface area (Å²) in [5.74, 6) is 0. The van der Waals surface area contributed by atoms with Crippen molar-refractivity contribution in [3.63, 3.8) is 0 Å². The zero-order valence-corrected chi connectivity index (χ0v) is 9.46. The summed E-state index contributed by atoms with van der Waals surface area (Å²) in [5, 5.41) is 20.0. The van der Waals surface area contributed by atoms with Crippen molar-refractivity contribution in [2.75, 3.05) is 0 Å². The fourth-order valence-electron chi connectivity index (χ4n) is 1.59. The molecule has 0 fully saturated rings. The summed E-state index contributed by atoms with van der Waals surface area (Å²) in [6, 6.07) is 8.00. The monoisotopic (exact) mass is 252 g/mol. The molecule has 0 bridgehead atoms. The van der Waals surface area contributed by atoms with Gasteiger partial charge in [-0.2, -0.15) is 0 Å². The van der Waals surface area contributed by atoms with E-state index in [1.165, 1.54) is 12.1 Å². The average molecular weight is 253 g/mol. The van der Waals surface area contributed by atoms with Crippen LogP contribution in [0.25, 0.3) is 5.69 Å². The van der Waals surface area contributed by atoms with Gasteiger partial charge in [0.15, 0.2) is 0 Å². The van der Waals surface area contributed by atoms with Crippen LogP contribution in [0.1, 0.15) is 5.69 Å². The van der Waals surface area contributed by atoms with E-state index in [-0.39, 0.29) is 17.3 Å². The number of aliphatic hydroxyl groups is 1. The van der Waals surface area contributed by atoms with Crippen molar-refractivity contribution in [3.05, 3.63) is 57.4 Å². The lowest BCUT2D eigenvalue weighted by Crippen LogP contribution is -1.99. The van der Waals surface area contributed by atoms with Gasteiger partial charge in [-0.25, -0.2) is 0 Å². The van der Waals surface area contributed by atoms with Crippen LogP contribution in [-0.2, 0) is 6.61 Å². The molecule has 1 aromatic carbocycles. The predicted molar refractivity (Wildman–Crippen MR) is 63.4 cm³/mol. The van der Waals surface area contributed by atoms with E-state index in [2.05, 4.69) is 0 Å². The fourth-order valence-corrected chi connectivity index (χ4v) is 1.77. The van der Waals surface area contributed by atoms with E-state index in [9.17, 15) is 10.1 Å². The first-order valence-corrected chi connectivity index (χ1v) is 5.22. The molecule has 0 radical (unpaired) electrons. The maximum atomic E-state index is 10.8. The molecule has 1 N–H and O–H groups in total. The average Bonchev–Trinajstić information content (AvgIpc) is 2.77. The zero-order valence-electron chi connectivity index (χ0n) is 8.71. The SMILES string of the molecule is O=[N+]([O-])c1cc(-n2cccc2CO)ccc1Cl. The normalized spacial score (nSPS) is 10.5. The highest BCUT2D eigenvalue weighted by atomic mass is 35.5. The smallest absolute Gasteiger partial charge is 0.289 e. The molecule has 6 heteroatoms. The molecule has 0 amide bonds. The van der Waals surface area contributed by atoms with Gasteiger partial charge < -0.3 is 9.67 Å². The Labute approximate surface area is 102 Å². The summed E-state index contributed by atoms with van der Waals surface area (Å²) in [6.45, 7) is -0.135. The van der Waals surface area contributed by atoms with Gasteiger partial charge in [-0.15, -0.1) is 0 Å². The van der Waals surface area contributed by atoms with Crippen LogP contribution in [0.4, 0.5) is 5.69 Å². The number of aliphatic hydroxyl groups excluding tert-OH is 1. The second-order valence-corrected chi connectivity index (χ2v) is 3.83. The minimum atomic E-state index is -0.534. The van der Waals surface area contributed by atoms with Crippen molar-refractivity contribution in [2.45, 2.75) is 6.61 Å². The van der Waals surface area contributed by atoms with Crippen LogP contribution >= 0.6 is 11.6 Å². The summed E-state index contributed by atoms with van der Waals surface area (Å²) >= 11 is 5.73. The van der Waals surface area contributed by atoms with Crippen LogP contribution in [0.15, 0.2) is 36.5 Å². The van der Waals surface area contributed by atoms with Crippen LogP contribution in [0, 0.1) is 10.1 Å². The summed E-state index contributed by atoms with van der Waals surface area (Å²) < 4.78 is 1.67. The van der Waals surface area contributed by atoms with E-state index in [1.807, 2.05) is 0 Å². The topological polar surface area (TPSA) is 68.3 Å². The quantitative estimate of drug-likeness (QED) is 0.674. The Morgan fingerprint density at radius 1 is 1.41 bits per heavy atom. The summed E-state index contributed by atoms with van der Waals surface area (Å²) in [7, 11) is 0. The van der Waals surface area contributed by atoms with Crippen molar-refractivity contribution in [1.29, 1.82) is 0 Å². The minimum Gasteiger partial charge on any atom is -0.390 e. The Balaban J connectivity index is 2.54. The van der Waals surface area contributed by atoms with Crippen molar-refractivity contribution >= 4 is 17.3 Å². The predicted octanol–water partition coefficient (Wildman–Crippen LogP) is 2.53. The van der Waals surface area contributed by atoms with Crippen LogP contribution < -0.4 is 0 Å². The third-order valence-corrected chi connectivity index (χ3v) is 2.72. The minimum absolute atomic E-state index is 0.0939. The molecule has 0 spiro atoms. The van der Waals surface area contributed by atoms with E-state index < -0.39 is 4.92 Å². The van der Waals surface area contributed by atoms with Crippen LogP contribution in [-0.4, -0.2) is 14.6 Å². The molecule has 0 saturated carbocycles.